The van der Waals surface area contributed by atoms with Gasteiger partial charge in [-0.05, 0) is 43.3 Å². The largest absolute Gasteiger partial charge is 0.336 e. The molecular weight excluding hydrogens is 364 g/mol. The molecule has 3 rings (SSSR count). The highest BCUT2D eigenvalue weighted by atomic mass is 35.5. The van der Waals surface area contributed by atoms with E-state index in [1.165, 1.54) is 0 Å². The number of halogens is 1. The van der Waals surface area contributed by atoms with E-state index in [9.17, 15) is 9.59 Å². The molecule has 1 aliphatic rings. The standard InChI is InChI=1S/C20H23ClN4O2/c1-3-14-12-15(20(27)25-10-8-24(2)9-11-25)13-17(21)18(14)19(26)23-16-4-6-22-7-5-16/h4-7,12-13H,3,8-11H2,1-2H3,(H,22,23,26). The molecule has 0 saturated carbocycles. The van der Waals surface area contributed by atoms with Gasteiger partial charge in [-0.3, -0.25) is 14.6 Å². The number of nitrogens with zero attached hydrogens (tertiary/aromatic N) is 3. The Morgan fingerprint density at radius 2 is 1.81 bits per heavy atom. The zero-order valence-electron chi connectivity index (χ0n) is 15.5. The summed E-state index contributed by atoms with van der Waals surface area (Å²) < 4.78 is 0. The van der Waals surface area contributed by atoms with Crippen LogP contribution >= 0.6 is 11.6 Å². The molecule has 0 aliphatic carbocycles. The summed E-state index contributed by atoms with van der Waals surface area (Å²) >= 11 is 6.43. The van der Waals surface area contributed by atoms with Crippen LogP contribution in [0.5, 0.6) is 0 Å². The number of carbonyl (C=O) groups is 2. The van der Waals surface area contributed by atoms with Gasteiger partial charge in [0.05, 0.1) is 10.6 Å². The van der Waals surface area contributed by atoms with Crippen molar-refractivity contribution in [3.63, 3.8) is 0 Å². The number of piperazine rings is 1. The molecule has 2 aromatic rings. The molecule has 1 aliphatic heterocycles. The summed E-state index contributed by atoms with van der Waals surface area (Å²) in [4.78, 5) is 33.5. The van der Waals surface area contributed by atoms with E-state index in [0.29, 0.717) is 41.3 Å². The van der Waals surface area contributed by atoms with Gasteiger partial charge in [-0.15, -0.1) is 0 Å². The Balaban J connectivity index is 1.84. The van der Waals surface area contributed by atoms with Gasteiger partial charge in [-0.1, -0.05) is 18.5 Å². The Morgan fingerprint density at radius 3 is 2.44 bits per heavy atom. The van der Waals surface area contributed by atoms with Crippen molar-refractivity contribution in [3.05, 3.63) is 58.4 Å². The number of rotatable bonds is 4. The van der Waals surface area contributed by atoms with Gasteiger partial charge in [0.2, 0.25) is 0 Å². The Morgan fingerprint density at radius 1 is 1.15 bits per heavy atom. The monoisotopic (exact) mass is 386 g/mol. The molecule has 0 atom stereocenters. The minimum Gasteiger partial charge on any atom is -0.336 e. The van der Waals surface area contributed by atoms with E-state index in [1.807, 2.05) is 18.9 Å². The number of benzene rings is 1. The van der Waals surface area contributed by atoms with E-state index in [1.54, 1.807) is 36.7 Å². The van der Waals surface area contributed by atoms with Crippen molar-refractivity contribution in [2.45, 2.75) is 13.3 Å². The predicted molar refractivity (Wildman–Crippen MR) is 106 cm³/mol. The van der Waals surface area contributed by atoms with Crippen molar-refractivity contribution >= 4 is 29.1 Å². The summed E-state index contributed by atoms with van der Waals surface area (Å²) in [6, 6.07) is 6.81. The van der Waals surface area contributed by atoms with Crippen LogP contribution < -0.4 is 5.32 Å². The number of amides is 2. The van der Waals surface area contributed by atoms with Crippen LogP contribution in [-0.4, -0.2) is 59.8 Å². The van der Waals surface area contributed by atoms with Gasteiger partial charge in [-0.25, -0.2) is 0 Å². The van der Waals surface area contributed by atoms with E-state index in [-0.39, 0.29) is 11.8 Å². The molecule has 2 heterocycles. The van der Waals surface area contributed by atoms with Gasteiger partial charge >= 0.3 is 0 Å². The topological polar surface area (TPSA) is 65.5 Å². The zero-order valence-corrected chi connectivity index (χ0v) is 16.3. The summed E-state index contributed by atoms with van der Waals surface area (Å²) in [6.45, 7) is 5.04. The molecular formula is C20H23ClN4O2. The second kappa shape index (κ2) is 8.50. The van der Waals surface area contributed by atoms with Crippen LogP contribution in [0, 0.1) is 0 Å². The lowest BCUT2D eigenvalue weighted by Crippen LogP contribution is -2.47. The lowest BCUT2D eigenvalue weighted by molar-refractivity contribution is 0.0663. The molecule has 7 heteroatoms. The highest BCUT2D eigenvalue weighted by molar-refractivity contribution is 6.35. The Bertz CT molecular complexity index is 833. The van der Waals surface area contributed by atoms with E-state index >= 15 is 0 Å². The summed E-state index contributed by atoms with van der Waals surface area (Å²) in [5.74, 6) is -0.331. The minimum absolute atomic E-state index is 0.0409. The first-order valence-electron chi connectivity index (χ1n) is 9.01. The smallest absolute Gasteiger partial charge is 0.257 e. The molecule has 1 saturated heterocycles. The molecule has 6 nitrogen and oxygen atoms in total. The van der Waals surface area contributed by atoms with E-state index in [2.05, 4.69) is 15.2 Å². The highest BCUT2D eigenvalue weighted by Gasteiger charge is 2.23. The first-order chi connectivity index (χ1) is 13.0. The number of aryl methyl sites for hydroxylation is 1. The van der Waals surface area contributed by atoms with Crippen LogP contribution in [-0.2, 0) is 6.42 Å². The van der Waals surface area contributed by atoms with Crippen molar-refractivity contribution in [2.24, 2.45) is 0 Å². The molecule has 0 spiro atoms. The maximum Gasteiger partial charge on any atom is 0.257 e. The average Bonchev–Trinajstić information content (AvgIpc) is 2.68. The predicted octanol–water partition coefficient (Wildman–Crippen LogP) is 2.94. The van der Waals surface area contributed by atoms with Gasteiger partial charge in [0.1, 0.15) is 0 Å². The number of anilines is 1. The van der Waals surface area contributed by atoms with Crippen LogP contribution in [0.1, 0.15) is 33.2 Å². The van der Waals surface area contributed by atoms with E-state index in [4.69, 9.17) is 11.6 Å². The lowest BCUT2D eigenvalue weighted by atomic mass is 10.00. The fourth-order valence-corrected chi connectivity index (χ4v) is 3.47. The molecule has 1 aromatic heterocycles. The van der Waals surface area contributed by atoms with Gasteiger partial charge in [0.25, 0.3) is 11.8 Å². The minimum atomic E-state index is -0.290. The van der Waals surface area contributed by atoms with E-state index in [0.717, 1.165) is 18.7 Å². The van der Waals surface area contributed by atoms with Crippen LogP contribution in [0.4, 0.5) is 5.69 Å². The van der Waals surface area contributed by atoms with Gasteiger partial charge in [-0.2, -0.15) is 0 Å². The van der Waals surface area contributed by atoms with Crippen molar-refractivity contribution < 1.29 is 9.59 Å². The number of aromatic nitrogens is 1. The number of carbonyl (C=O) groups excluding carboxylic acids is 2. The van der Waals surface area contributed by atoms with Crippen molar-refractivity contribution in [3.8, 4) is 0 Å². The maximum absolute atomic E-state index is 12.8. The van der Waals surface area contributed by atoms with E-state index < -0.39 is 0 Å². The molecule has 1 aromatic carbocycles. The van der Waals surface area contributed by atoms with Crippen LogP contribution in [0.3, 0.4) is 0 Å². The molecule has 1 fully saturated rings. The van der Waals surface area contributed by atoms with Gasteiger partial charge in [0, 0.05) is 49.8 Å². The van der Waals surface area contributed by atoms with Crippen LogP contribution in [0.25, 0.3) is 0 Å². The fraction of sp³-hybridized carbons (Fsp3) is 0.350. The lowest BCUT2D eigenvalue weighted by Gasteiger charge is -2.32. The van der Waals surface area contributed by atoms with Crippen molar-refractivity contribution in [1.29, 1.82) is 0 Å². The molecule has 0 radical (unpaired) electrons. The first kappa shape index (κ1) is 19.3. The number of likely N-dealkylation sites (N-methyl/N-ethyl adjacent to an activating group) is 1. The summed E-state index contributed by atoms with van der Waals surface area (Å²) in [6.07, 6.45) is 3.81. The third-order valence-corrected chi connectivity index (χ3v) is 5.05. The number of hydrogen-bond acceptors (Lipinski definition) is 4. The van der Waals surface area contributed by atoms with Crippen LogP contribution in [0.15, 0.2) is 36.7 Å². The van der Waals surface area contributed by atoms with Gasteiger partial charge < -0.3 is 15.1 Å². The third-order valence-electron chi connectivity index (χ3n) is 4.76. The first-order valence-corrected chi connectivity index (χ1v) is 9.39. The third kappa shape index (κ3) is 4.46. The van der Waals surface area contributed by atoms with Gasteiger partial charge in [0.15, 0.2) is 0 Å². The van der Waals surface area contributed by atoms with Crippen molar-refractivity contribution in [2.75, 3.05) is 38.5 Å². The molecule has 1 N–H and O–H groups in total. The molecule has 142 valence electrons. The van der Waals surface area contributed by atoms with Crippen LogP contribution in [0.2, 0.25) is 5.02 Å². The van der Waals surface area contributed by atoms with Crippen molar-refractivity contribution in [1.82, 2.24) is 14.8 Å². The maximum atomic E-state index is 12.8. The SMILES string of the molecule is CCc1cc(C(=O)N2CCN(C)CC2)cc(Cl)c1C(=O)Nc1ccncc1. The number of nitrogens with one attached hydrogen (secondary N) is 1. The summed E-state index contributed by atoms with van der Waals surface area (Å²) in [5.41, 5.74) is 2.34. The highest BCUT2D eigenvalue weighted by Crippen LogP contribution is 2.25. The molecule has 0 unspecified atom stereocenters. The second-order valence-electron chi connectivity index (χ2n) is 6.63. The number of hydrogen-bond donors (Lipinski definition) is 1. The summed E-state index contributed by atoms with van der Waals surface area (Å²) in [5, 5.41) is 3.12. The summed E-state index contributed by atoms with van der Waals surface area (Å²) in [7, 11) is 2.05. The Kier molecular flexibility index (Phi) is 6.08. The Labute approximate surface area is 164 Å². The molecule has 0 bridgehead atoms. The number of pyridine rings is 1. The normalized spacial score (nSPS) is 14.9. The average molecular weight is 387 g/mol. The Hall–Kier alpha value is -2.44. The molecule has 27 heavy (non-hydrogen) atoms. The second-order valence-corrected chi connectivity index (χ2v) is 7.04. The zero-order chi connectivity index (χ0) is 19.4. The molecule has 2 amide bonds. The quantitative estimate of drug-likeness (QED) is 0.877. The fourth-order valence-electron chi connectivity index (χ4n) is 3.14.